The van der Waals surface area contributed by atoms with Crippen LogP contribution in [0.25, 0.3) is 0 Å². The lowest BCUT2D eigenvalue weighted by atomic mass is 9.95. The summed E-state index contributed by atoms with van der Waals surface area (Å²) in [6.07, 6.45) is 5.85. The highest BCUT2D eigenvalue weighted by Gasteiger charge is 2.31. The van der Waals surface area contributed by atoms with E-state index in [1.54, 1.807) is 31.2 Å². The Kier molecular flexibility index (Phi) is 9.46. The van der Waals surface area contributed by atoms with Crippen LogP contribution in [0.2, 0.25) is 0 Å². The second kappa shape index (κ2) is 12.3. The number of nitrogens with zero attached hydrogens (tertiary/aromatic N) is 2. The Balaban J connectivity index is 1.73. The van der Waals surface area contributed by atoms with E-state index in [9.17, 15) is 18.0 Å². The Morgan fingerprint density at radius 2 is 1.63 bits per heavy atom. The lowest BCUT2D eigenvalue weighted by molar-refractivity contribution is -0.140. The van der Waals surface area contributed by atoms with Gasteiger partial charge in [0.15, 0.2) is 0 Å². The van der Waals surface area contributed by atoms with Gasteiger partial charge in [-0.2, -0.15) is 4.31 Å². The van der Waals surface area contributed by atoms with Crippen LogP contribution in [0.4, 0.5) is 0 Å². The maximum Gasteiger partial charge on any atom is 0.243 e. The topological polar surface area (TPSA) is 86.8 Å². The first-order chi connectivity index (χ1) is 16.7. The number of benzene rings is 2. The van der Waals surface area contributed by atoms with Crippen molar-refractivity contribution >= 4 is 21.8 Å². The third kappa shape index (κ3) is 7.39. The fourth-order valence-corrected chi connectivity index (χ4v) is 5.52. The zero-order chi connectivity index (χ0) is 25.4. The van der Waals surface area contributed by atoms with E-state index in [2.05, 4.69) is 5.32 Å². The maximum atomic E-state index is 13.4. The number of nitrogens with one attached hydrogen (secondary N) is 1. The third-order valence-corrected chi connectivity index (χ3v) is 8.51. The summed E-state index contributed by atoms with van der Waals surface area (Å²) < 4.78 is 27.1. The van der Waals surface area contributed by atoms with E-state index in [-0.39, 0.29) is 23.4 Å². The van der Waals surface area contributed by atoms with Gasteiger partial charge < -0.3 is 10.2 Å². The molecule has 2 amide bonds. The van der Waals surface area contributed by atoms with Crippen molar-refractivity contribution in [1.82, 2.24) is 14.5 Å². The molecule has 0 spiro atoms. The van der Waals surface area contributed by atoms with E-state index in [1.165, 1.54) is 18.4 Å². The number of hydrogen-bond donors (Lipinski definition) is 1. The Morgan fingerprint density at radius 3 is 2.26 bits per heavy atom. The number of rotatable bonds is 10. The van der Waals surface area contributed by atoms with E-state index >= 15 is 0 Å². The van der Waals surface area contributed by atoms with Gasteiger partial charge in [-0.3, -0.25) is 9.59 Å². The average Bonchev–Trinajstić information content (AvgIpc) is 2.85. The van der Waals surface area contributed by atoms with E-state index < -0.39 is 22.0 Å². The number of amides is 2. The largest absolute Gasteiger partial charge is 0.352 e. The zero-order valence-corrected chi connectivity index (χ0v) is 21.8. The summed E-state index contributed by atoms with van der Waals surface area (Å²) in [7, 11) is -2.44. The van der Waals surface area contributed by atoms with Crippen LogP contribution in [0, 0.1) is 6.92 Å². The van der Waals surface area contributed by atoms with Gasteiger partial charge in [-0.15, -0.1) is 0 Å². The van der Waals surface area contributed by atoms with Gasteiger partial charge in [0.05, 0.1) is 11.4 Å². The van der Waals surface area contributed by atoms with Crippen molar-refractivity contribution in [3.05, 3.63) is 65.7 Å². The van der Waals surface area contributed by atoms with Crippen LogP contribution in [0.5, 0.6) is 0 Å². The van der Waals surface area contributed by atoms with Gasteiger partial charge >= 0.3 is 0 Å². The number of sulfonamides is 1. The summed E-state index contributed by atoms with van der Waals surface area (Å²) in [6, 6.07) is 15.7. The molecule has 0 bridgehead atoms. The first-order valence-electron chi connectivity index (χ1n) is 12.4. The van der Waals surface area contributed by atoms with Crippen molar-refractivity contribution in [3.8, 4) is 0 Å². The number of carbonyl (C=O) groups is 2. The third-order valence-electron chi connectivity index (χ3n) is 6.69. The molecule has 0 radical (unpaired) electrons. The predicted octanol–water partition coefficient (Wildman–Crippen LogP) is 3.52. The standard InChI is InChI=1S/C27H37N3O4S/c1-21-14-16-25(17-15-21)35(33,34)29(3)20-26(31)30(19-18-23-10-6-4-7-11-23)22(2)27(32)28-24-12-8-5-9-13-24/h4,6-7,10-11,14-17,22,24H,5,8-9,12-13,18-20H2,1-3H3,(H,28,32). The molecule has 190 valence electrons. The van der Waals surface area contributed by atoms with Gasteiger partial charge in [0, 0.05) is 19.6 Å². The van der Waals surface area contributed by atoms with Crippen LogP contribution >= 0.6 is 0 Å². The van der Waals surface area contributed by atoms with Gasteiger partial charge in [0.25, 0.3) is 0 Å². The molecular formula is C27H37N3O4S. The van der Waals surface area contributed by atoms with Crippen LogP contribution in [-0.4, -0.2) is 61.7 Å². The molecule has 1 aliphatic carbocycles. The van der Waals surface area contributed by atoms with Gasteiger partial charge in [-0.05, 0) is 50.8 Å². The highest BCUT2D eigenvalue weighted by Crippen LogP contribution is 2.19. The molecular weight excluding hydrogens is 462 g/mol. The van der Waals surface area contributed by atoms with Crippen molar-refractivity contribution in [3.63, 3.8) is 0 Å². The molecule has 1 aliphatic rings. The highest BCUT2D eigenvalue weighted by atomic mass is 32.2. The molecule has 0 aliphatic heterocycles. The van der Waals surface area contributed by atoms with Crippen molar-refractivity contribution < 1.29 is 18.0 Å². The molecule has 1 unspecified atom stereocenters. The maximum absolute atomic E-state index is 13.4. The van der Waals surface area contributed by atoms with Crippen LogP contribution in [0.3, 0.4) is 0 Å². The second-order valence-corrected chi connectivity index (χ2v) is 11.5. The van der Waals surface area contributed by atoms with E-state index in [0.29, 0.717) is 13.0 Å². The van der Waals surface area contributed by atoms with Crippen LogP contribution in [0.1, 0.15) is 50.2 Å². The Bertz CT molecular complexity index is 1080. The second-order valence-electron chi connectivity index (χ2n) is 9.42. The smallest absolute Gasteiger partial charge is 0.243 e. The lowest BCUT2D eigenvalue weighted by Crippen LogP contribution is -2.53. The molecule has 1 atom stereocenters. The molecule has 8 heteroatoms. The Labute approximate surface area is 209 Å². The summed E-state index contributed by atoms with van der Waals surface area (Å²) in [4.78, 5) is 28.1. The first kappa shape index (κ1) is 26.9. The number of hydrogen-bond acceptors (Lipinski definition) is 4. The Morgan fingerprint density at radius 1 is 1.00 bits per heavy atom. The summed E-state index contributed by atoms with van der Waals surface area (Å²) >= 11 is 0. The van der Waals surface area contributed by atoms with E-state index in [1.807, 2.05) is 37.3 Å². The van der Waals surface area contributed by atoms with Crippen LogP contribution in [-0.2, 0) is 26.0 Å². The monoisotopic (exact) mass is 499 g/mol. The molecule has 3 rings (SSSR count). The average molecular weight is 500 g/mol. The minimum atomic E-state index is -3.83. The van der Waals surface area contributed by atoms with Crippen molar-refractivity contribution in [2.24, 2.45) is 0 Å². The van der Waals surface area contributed by atoms with Crippen molar-refractivity contribution in [2.45, 2.75) is 69.4 Å². The first-order valence-corrected chi connectivity index (χ1v) is 13.8. The van der Waals surface area contributed by atoms with E-state index in [0.717, 1.165) is 41.1 Å². The number of carbonyl (C=O) groups excluding carboxylic acids is 2. The molecule has 1 saturated carbocycles. The minimum Gasteiger partial charge on any atom is -0.352 e. The molecule has 35 heavy (non-hydrogen) atoms. The lowest BCUT2D eigenvalue weighted by Gasteiger charge is -2.32. The molecule has 0 heterocycles. The molecule has 2 aromatic carbocycles. The summed E-state index contributed by atoms with van der Waals surface area (Å²) in [5, 5.41) is 3.10. The minimum absolute atomic E-state index is 0.134. The summed E-state index contributed by atoms with van der Waals surface area (Å²) in [6.45, 7) is 3.58. The molecule has 1 fully saturated rings. The fourth-order valence-electron chi connectivity index (χ4n) is 4.40. The zero-order valence-electron chi connectivity index (χ0n) is 20.9. The van der Waals surface area contributed by atoms with Gasteiger partial charge in [-0.1, -0.05) is 67.3 Å². The molecule has 7 nitrogen and oxygen atoms in total. The molecule has 1 N–H and O–H groups in total. The summed E-state index contributed by atoms with van der Waals surface area (Å²) in [5.41, 5.74) is 2.00. The summed E-state index contributed by atoms with van der Waals surface area (Å²) in [5.74, 6) is -0.590. The van der Waals surface area contributed by atoms with Gasteiger partial charge in [0.1, 0.15) is 6.04 Å². The highest BCUT2D eigenvalue weighted by molar-refractivity contribution is 7.89. The fraction of sp³-hybridized carbons (Fsp3) is 0.481. The molecule has 2 aromatic rings. The SMILES string of the molecule is Cc1ccc(S(=O)(=O)N(C)CC(=O)N(CCc2ccccc2)C(C)C(=O)NC2CCCCC2)cc1. The predicted molar refractivity (Wildman–Crippen MR) is 137 cm³/mol. The number of aryl methyl sites for hydroxylation is 1. The van der Waals surface area contributed by atoms with Crippen molar-refractivity contribution in [2.75, 3.05) is 20.1 Å². The van der Waals surface area contributed by atoms with Gasteiger partial charge in [0.2, 0.25) is 21.8 Å². The quantitative estimate of drug-likeness (QED) is 0.542. The normalized spacial score (nSPS) is 15.5. The van der Waals surface area contributed by atoms with E-state index in [4.69, 9.17) is 0 Å². The number of likely N-dealkylation sites (N-methyl/N-ethyl adjacent to an activating group) is 1. The Hall–Kier alpha value is -2.71. The van der Waals surface area contributed by atoms with Crippen LogP contribution in [0.15, 0.2) is 59.5 Å². The van der Waals surface area contributed by atoms with Gasteiger partial charge in [-0.25, -0.2) is 8.42 Å². The van der Waals surface area contributed by atoms with Crippen molar-refractivity contribution in [1.29, 1.82) is 0 Å². The molecule has 0 saturated heterocycles. The van der Waals surface area contributed by atoms with Crippen LogP contribution < -0.4 is 5.32 Å². The molecule has 0 aromatic heterocycles.